The molecule has 0 bridgehead atoms. The third-order valence-corrected chi connectivity index (χ3v) is 5.04. The second-order valence-electron chi connectivity index (χ2n) is 7.73. The topological polar surface area (TPSA) is 72.4 Å². The van der Waals surface area contributed by atoms with E-state index in [-0.39, 0.29) is 12.0 Å². The second-order valence-corrected chi connectivity index (χ2v) is 7.73. The number of hydrogen-bond donors (Lipinski definition) is 2. The predicted molar refractivity (Wildman–Crippen MR) is 102 cm³/mol. The summed E-state index contributed by atoms with van der Waals surface area (Å²) in [5.74, 6) is 1.38. The van der Waals surface area contributed by atoms with Gasteiger partial charge in [0.15, 0.2) is 11.5 Å². The Morgan fingerprint density at radius 1 is 1.26 bits per heavy atom. The first-order valence-electron chi connectivity index (χ1n) is 9.65. The lowest BCUT2D eigenvalue weighted by molar-refractivity contribution is -0.0991. The molecule has 0 spiro atoms. The Morgan fingerprint density at radius 2 is 2.04 bits per heavy atom. The molecule has 2 heterocycles. The van der Waals surface area contributed by atoms with Crippen molar-refractivity contribution >= 4 is 0 Å². The number of para-hydroxylation sites is 1. The predicted octanol–water partition coefficient (Wildman–Crippen LogP) is 0.893. The third-order valence-electron chi connectivity index (χ3n) is 5.04. The molecule has 152 valence electrons. The highest BCUT2D eigenvalue weighted by Crippen LogP contribution is 2.32. The molecule has 0 aliphatic carbocycles. The van der Waals surface area contributed by atoms with Gasteiger partial charge in [0.2, 0.25) is 0 Å². The van der Waals surface area contributed by atoms with Crippen LogP contribution in [0.15, 0.2) is 18.2 Å². The van der Waals surface area contributed by atoms with Crippen LogP contribution in [0.3, 0.4) is 0 Å². The van der Waals surface area contributed by atoms with Crippen LogP contribution < -0.4 is 14.8 Å². The van der Waals surface area contributed by atoms with E-state index in [9.17, 15) is 5.11 Å². The van der Waals surface area contributed by atoms with Crippen LogP contribution in [0.25, 0.3) is 0 Å². The first-order chi connectivity index (χ1) is 13.1. The van der Waals surface area contributed by atoms with Gasteiger partial charge in [0.25, 0.3) is 0 Å². The molecule has 2 N–H and O–H groups in total. The number of ether oxygens (including phenoxy) is 4. The maximum atomic E-state index is 10.4. The van der Waals surface area contributed by atoms with E-state index >= 15 is 0 Å². The average Bonchev–Trinajstić information content (AvgIpc) is 2.66. The lowest BCUT2D eigenvalue weighted by atomic mass is 9.89. The summed E-state index contributed by atoms with van der Waals surface area (Å²) < 4.78 is 22.1. The summed E-state index contributed by atoms with van der Waals surface area (Å²) in [6, 6.07) is 5.87. The minimum absolute atomic E-state index is 0.217. The number of benzene rings is 1. The number of hydrogen-bond acceptors (Lipinski definition) is 7. The largest absolute Gasteiger partial charge is 0.493 e. The smallest absolute Gasteiger partial charge is 0.165 e. The van der Waals surface area contributed by atoms with Gasteiger partial charge in [-0.25, -0.2) is 0 Å². The Balaban J connectivity index is 1.53. The third kappa shape index (κ3) is 5.80. The molecule has 7 heteroatoms. The van der Waals surface area contributed by atoms with E-state index in [2.05, 4.69) is 17.1 Å². The van der Waals surface area contributed by atoms with Crippen molar-refractivity contribution in [3.8, 4) is 11.5 Å². The molecule has 27 heavy (non-hydrogen) atoms. The molecule has 7 nitrogen and oxygen atoms in total. The lowest BCUT2D eigenvalue weighted by Gasteiger charge is -2.38. The average molecular weight is 380 g/mol. The normalized spacial score (nSPS) is 20.7. The minimum Gasteiger partial charge on any atom is -0.493 e. The van der Waals surface area contributed by atoms with Gasteiger partial charge in [-0.3, -0.25) is 4.90 Å². The summed E-state index contributed by atoms with van der Waals surface area (Å²) in [5.41, 5.74) is 1.24. The molecule has 3 rings (SSSR count). The van der Waals surface area contributed by atoms with Gasteiger partial charge in [-0.2, -0.15) is 0 Å². The zero-order chi connectivity index (χ0) is 19.1. The number of rotatable bonds is 10. The van der Waals surface area contributed by atoms with Crippen molar-refractivity contribution in [3.63, 3.8) is 0 Å². The van der Waals surface area contributed by atoms with Crippen molar-refractivity contribution in [2.75, 3.05) is 66.3 Å². The van der Waals surface area contributed by atoms with Crippen molar-refractivity contribution in [1.82, 2.24) is 10.2 Å². The molecule has 0 unspecified atom stereocenters. The van der Waals surface area contributed by atoms with Gasteiger partial charge in [-0.05, 0) is 6.07 Å². The van der Waals surface area contributed by atoms with Crippen LogP contribution in [0.1, 0.15) is 12.5 Å². The number of methoxy groups -OCH3 is 1. The van der Waals surface area contributed by atoms with Crippen LogP contribution in [-0.2, 0) is 16.0 Å². The summed E-state index contributed by atoms with van der Waals surface area (Å²) in [4.78, 5) is 2.20. The fraction of sp³-hybridized carbons (Fsp3) is 0.700. The molecule has 2 fully saturated rings. The first-order valence-corrected chi connectivity index (χ1v) is 9.65. The molecule has 0 saturated carbocycles. The molecule has 0 aromatic heterocycles. The second kappa shape index (κ2) is 9.71. The molecule has 1 aromatic carbocycles. The number of nitrogens with one attached hydrogen (secondary N) is 1. The maximum Gasteiger partial charge on any atom is 0.165 e. The monoisotopic (exact) mass is 380 g/mol. The van der Waals surface area contributed by atoms with Crippen molar-refractivity contribution in [1.29, 1.82) is 0 Å². The number of β-amino-alcohol motifs (C(OH)–C–C–N with tert-alkyl or cyclic N) is 1. The van der Waals surface area contributed by atoms with Crippen LogP contribution in [-0.4, -0.2) is 82.4 Å². The summed E-state index contributed by atoms with van der Waals surface area (Å²) >= 11 is 0. The van der Waals surface area contributed by atoms with E-state index in [0.29, 0.717) is 24.6 Å². The Bertz CT molecular complexity index is 588. The highest BCUT2D eigenvalue weighted by molar-refractivity contribution is 5.46. The van der Waals surface area contributed by atoms with Crippen molar-refractivity contribution in [2.45, 2.75) is 19.6 Å². The molecular formula is C20H32N2O5. The van der Waals surface area contributed by atoms with E-state index < -0.39 is 6.10 Å². The van der Waals surface area contributed by atoms with E-state index in [1.54, 1.807) is 7.11 Å². The van der Waals surface area contributed by atoms with Crippen LogP contribution in [0.4, 0.5) is 0 Å². The van der Waals surface area contributed by atoms with Crippen LogP contribution >= 0.6 is 0 Å². The molecule has 2 saturated heterocycles. The summed E-state index contributed by atoms with van der Waals surface area (Å²) in [6.07, 6.45) is -0.556. The summed E-state index contributed by atoms with van der Waals surface area (Å²) in [5, 5.41) is 13.9. The quantitative estimate of drug-likeness (QED) is 0.625. The molecule has 1 aromatic rings. The van der Waals surface area contributed by atoms with Crippen LogP contribution in [0.5, 0.6) is 11.5 Å². The van der Waals surface area contributed by atoms with Gasteiger partial charge >= 0.3 is 0 Å². The van der Waals surface area contributed by atoms with Gasteiger partial charge < -0.3 is 29.4 Å². The zero-order valence-electron chi connectivity index (χ0n) is 16.4. The van der Waals surface area contributed by atoms with Gasteiger partial charge in [0.05, 0.1) is 33.5 Å². The number of morpholine rings is 1. The van der Waals surface area contributed by atoms with Gasteiger partial charge in [-0.15, -0.1) is 0 Å². The highest BCUT2D eigenvalue weighted by Gasteiger charge is 2.32. The Kier molecular flexibility index (Phi) is 7.32. The van der Waals surface area contributed by atoms with E-state index in [1.807, 2.05) is 18.2 Å². The maximum absolute atomic E-state index is 10.4. The SMILES string of the molecule is COc1cccc(CNCC2(C)COC2)c1OC[C@H](O)CN1CCOCC1. The van der Waals surface area contributed by atoms with E-state index in [4.69, 9.17) is 18.9 Å². The van der Waals surface area contributed by atoms with E-state index in [0.717, 1.165) is 51.6 Å². The van der Waals surface area contributed by atoms with Gasteiger partial charge in [0.1, 0.15) is 12.7 Å². The summed E-state index contributed by atoms with van der Waals surface area (Å²) in [7, 11) is 1.64. The zero-order valence-corrected chi connectivity index (χ0v) is 16.4. The van der Waals surface area contributed by atoms with Crippen molar-refractivity contribution in [2.24, 2.45) is 5.41 Å². The molecule has 0 amide bonds. The van der Waals surface area contributed by atoms with Crippen LogP contribution in [0, 0.1) is 5.41 Å². The fourth-order valence-electron chi connectivity index (χ4n) is 3.39. The van der Waals surface area contributed by atoms with Gasteiger partial charge in [-0.1, -0.05) is 19.1 Å². The number of nitrogens with zero attached hydrogens (tertiary/aromatic N) is 1. The molecule has 1 atom stereocenters. The standard InChI is InChI=1S/C20H32N2O5/c1-20(14-26-15-20)13-21-10-16-4-3-5-18(24-2)19(16)27-12-17(23)11-22-6-8-25-9-7-22/h3-5,17,21,23H,6-15H2,1-2H3/t17-/m1/s1. The lowest BCUT2D eigenvalue weighted by Crippen LogP contribution is -2.47. The molecule has 0 radical (unpaired) electrons. The van der Waals surface area contributed by atoms with Crippen molar-refractivity contribution < 1.29 is 24.1 Å². The Morgan fingerprint density at radius 3 is 2.70 bits per heavy atom. The number of aliphatic hydroxyl groups excluding tert-OH is 1. The van der Waals surface area contributed by atoms with E-state index in [1.165, 1.54) is 0 Å². The molecule has 2 aliphatic rings. The number of aliphatic hydroxyl groups is 1. The fourth-order valence-corrected chi connectivity index (χ4v) is 3.39. The molecular weight excluding hydrogens is 348 g/mol. The van der Waals surface area contributed by atoms with Gasteiger partial charge in [0, 0.05) is 43.7 Å². The highest BCUT2D eigenvalue weighted by atomic mass is 16.5. The van der Waals surface area contributed by atoms with Crippen molar-refractivity contribution in [3.05, 3.63) is 23.8 Å². The summed E-state index contributed by atoms with van der Waals surface area (Å²) in [6.45, 7) is 9.36. The van der Waals surface area contributed by atoms with Crippen LogP contribution in [0.2, 0.25) is 0 Å². The Hall–Kier alpha value is -1.38. The first kappa shape index (κ1) is 20.4. The Labute approximate surface area is 161 Å². The molecule has 2 aliphatic heterocycles. The minimum atomic E-state index is -0.556.